The summed E-state index contributed by atoms with van der Waals surface area (Å²) in [5.41, 5.74) is 4.59. The quantitative estimate of drug-likeness (QED) is 0.530. The van der Waals surface area contributed by atoms with E-state index in [1.807, 2.05) is 37.3 Å². The summed E-state index contributed by atoms with van der Waals surface area (Å²) in [6.45, 7) is 2.79. The molecule has 1 fully saturated rings. The number of hydrogen-bond donors (Lipinski definition) is 0. The summed E-state index contributed by atoms with van der Waals surface area (Å²) >= 11 is 7.52. The van der Waals surface area contributed by atoms with Crippen LogP contribution in [0.1, 0.15) is 32.6 Å². The summed E-state index contributed by atoms with van der Waals surface area (Å²) in [5.74, 6) is 0.344. The lowest BCUT2D eigenvalue weighted by Crippen LogP contribution is -2.50. The van der Waals surface area contributed by atoms with Crippen molar-refractivity contribution in [2.24, 2.45) is 0 Å². The van der Waals surface area contributed by atoms with Crippen LogP contribution in [0.3, 0.4) is 0 Å². The number of fused-ring (bicyclic) bond motifs is 2. The van der Waals surface area contributed by atoms with Crippen LogP contribution >= 0.6 is 23.4 Å². The van der Waals surface area contributed by atoms with Crippen molar-refractivity contribution < 1.29 is 9.59 Å². The molecule has 164 valence electrons. The molecule has 0 aromatic heterocycles. The number of halogens is 1. The van der Waals surface area contributed by atoms with Crippen LogP contribution < -0.4 is 4.90 Å². The van der Waals surface area contributed by atoms with Crippen molar-refractivity contribution in [3.8, 4) is 6.07 Å². The zero-order chi connectivity index (χ0) is 23.2. The number of thioether (sulfide) groups is 1. The van der Waals surface area contributed by atoms with E-state index in [9.17, 15) is 14.9 Å². The van der Waals surface area contributed by atoms with Crippen molar-refractivity contribution in [2.75, 3.05) is 17.2 Å². The van der Waals surface area contributed by atoms with Gasteiger partial charge in [0.2, 0.25) is 0 Å². The minimum atomic E-state index is -1.11. The molecule has 3 aromatic carbocycles. The van der Waals surface area contributed by atoms with Crippen LogP contribution in [-0.2, 0) is 16.2 Å². The lowest BCUT2D eigenvalue weighted by Gasteiger charge is -2.33. The van der Waals surface area contributed by atoms with Gasteiger partial charge in [0.15, 0.2) is 4.87 Å². The third kappa shape index (κ3) is 3.49. The van der Waals surface area contributed by atoms with E-state index in [2.05, 4.69) is 6.07 Å². The Kier molecular flexibility index (Phi) is 5.40. The van der Waals surface area contributed by atoms with Gasteiger partial charge in [-0.25, -0.2) is 0 Å². The standard InChI is InChI=1S/C26H20ClN3O2S/c1-17-5-10-23-22(13-17)26(25(32)29(23)16-19-4-2-3-18(14-19)15-28)30(11-12-33-26)24(31)20-6-8-21(27)9-7-20/h2-10,13-14H,11-12,16H2,1H3/t26-/m0/s1. The van der Waals surface area contributed by atoms with Crippen LogP contribution in [-0.4, -0.2) is 29.0 Å². The molecule has 0 radical (unpaired) electrons. The lowest BCUT2D eigenvalue weighted by molar-refractivity contribution is -0.123. The molecule has 7 heteroatoms. The van der Waals surface area contributed by atoms with Crippen molar-refractivity contribution in [3.63, 3.8) is 0 Å². The van der Waals surface area contributed by atoms with E-state index in [-0.39, 0.29) is 11.8 Å². The van der Waals surface area contributed by atoms with Crippen molar-refractivity contribution >= 4 is 40.9 Å². The maximum Gasteiger partial charge on any atom is 0.268 e. The molecule has 0 unspecified atom stereocenters. The number of nitriles is 1. The Morgan fingerprint density at radius 3 is 2.70 bits per heavy atom. The number of benzene rings is 3. The molecule has 0 saturated carbocycles. The number of carbonyl (C=O) groups excluding carboxylic acids is 2. The number of hydrogen-bond acceptors (Lipinski definition) is 4. The highest BCUT2D eigenvalue weighted by Crippen LogP contribution is 2.55. The monoisotopic (exact) mass is 473 g/mol. The minimum absolute atomic E-state index is 0.129. The minimum Gasteiger partial charge on any atom is -0.311 e. The van der Waals surface area contributed by atoms with Crippen LogP contribution in [0.25, 0.3) is 0 Å². The van der Waals surface area contributed by atoms with Crippen LogP contribution in [0.5, 0.6) is 0 Å². The smallest absolute Gasteiger partial charge is 0.268 e. The summed E-state index contributed by atoms with van der Waals surface area (Å²) in [6, 6.07) is 22.1. The molecule has 33 heavy (non-hydrogen) atoms. The Labute approximate surface area is 201 Å². The first-order chi connectivity index (χ1) is 15.9. The van der Waals surface area contributed by atoms with E-state index in [4.69, 9.17) is 11.6 Å². The van der Waals surface area contributed by atoms with Crippen molar-refractivity contribution in [3.05, 3.63) is 99.6 Å². The van der Waals surface area contributed by atoms with E-state index in [0.717, 1.165) is 22.4 Å². The molecule has 5 rings (SSSR count). The Morgan fingerprint density at radius 1 is 1.15 bits per heavy atom. The van der Waals surface area contributed by atoms with Gasteiger partial charge in [0.05, 0.1) is 23.9 Å². The fraction of sp³-hybridized carbons (Fsp3) is 0.192. The molecule has 2 aliphatic rings. The molecule has 0 aliphatic carbocycles. The van der Waals surface area contributed by atoms with E-state index in [0.29, 0.717) is 35.0 Å². The predicted octanol–water partition coefficient (Wildman–Crippen LogP) is 5.11. The average molecular weight is 474 g/mol. The molecule has 1 saturated heterocycles. The molecule has 2 aliphatic heterocycles. The molecule has 5 nitrogen and oxygen atoms in total. The predicted molar refractivity (Wildman–Crippen MR) is 130 cm³/mol. The van der Waals surface area contributed by atoms with Crippen molar-refractivity contribution in [2.45, 2.75) is 18.3 Å². The van der Waals surface area contributed by atoms with Crippen LogP contribution in [0.4, 0.5) is 5.69 Å². The highest BCUT2D eigenvalue weighted by Gasteiger charge is 2.59. The van der Waals surface area contributed by atoms with Gasteiger partial charge in [0.1, 0.15) is 0 Å². The van der Waals surface area contributed by atoms with E-state index >= 15 is 0 Å². The van der Waals surface area contributed by atoms with Gasteiger partial charge in [-0.15, -0.1) is 11.8 Å². The summed E-state index contributed by atoms with van der Waals surface area (Å²) in [5, 5.41) is 9.82. The van der Waals surface area contributed by atoms with Gasteiger partial charge in [-0.3, -0.25) is 9.59 Å². The van der Waals surface area contributed by atoms with Gasteiger partial charge < -0.3 is 9.80 Å². The summed E-state index contributed by atoms with van der Waals surface area (Å²) in [7, 11) is 0. The fourth-order valence-corrected chi connectivity index (χ4v) is 6.13. The molecular weight excluding hydrogens is 454 g/mol. The maximum atomic E-state index is 14.1. The largest absolute Gasteiger partial charge is 0.311 e. The second kappa shape index (κ2) is 8.26. The van der Waals surface area contributed by atoms with Crippen molar-refractivity contribution in [1.29, 1.82) is 5.26 Å². The molecule has 1 atom stereocenters. The highest BCUT2D eigenvalue weighted by atomic mass is 35.5. The third-order valence-electron chi connectivity index (χ3n) is 6.08. The second-order valence-corrected chi connectivity index (χ2v) is 9.90. The SMILES string of the molecule is Cc1ccc2c(c1)[C@]1(SCCN1C(=O)c1ccc(Cl)cc1)C(=O)N2Cc1cccc(C#N)c1. The average Bonchev–Trinajstić information content (AvgIpc) is 3.36. The fourth-order valence-electron chi connectivity index (χ4n) is 4.56. The Bertz CT molecular complexity index is 1320. The Hall–Kier alpha value is -3.27. The maximum absolute atomic E-state index is 14.1. The zero-order valence-electron chi connectivity index (χ0n) is 17.9. The first-order valence-corrected chi connectivity index (χ1v) is 11.9. The van der Waals surface area contributed by atoms with Crippen molar-refractivity contribution in [1.82, 2.24) is 4.90 Å². The van der Waals surface area contributed by atoms with E-state index in [1.54, 1.807) is 46.2 Å². The Morgan fingerprint density at radius 2 is 1.94 bits per heavy atom. The van der Waals surface area contributed by atoms with Gasteiger partial charge in [0, 0.05) is 28.4 Å². The highest BCUT2D eigenvalue weighted by molar-refractivity contribution is 8.01. The molecule has 2 heterocycles. The molecule has 0 N–H and O–H groups in total. The van der Waals surface area contributed by atoms with Crippen LogP contribution in [0.15, 0.2) is 66.7 Å². The van der Waals surface area contributed by atoms with Gasteiger partial charge in [-0.2, -0.15) is 5.26 Å². The number of aryl methyl sites for hydroxylation is 1. The topological polar surface area (TPSA) is 64.4 Å². The zero-order valence-corrected chi connectivity index (χ0v) is 19.5. The molecule has 2 amide bonds. The van der Waals surface area contributed by atoms with Crippen LogP contribution in [0, 0.1) is 18.3 Å². The van der Waals surface area contributed by atoms with Gasteiger partial charge in [-0.1, -0.05) is 41.4 Å². The summed E-state index contributed by atoms with van der Waals surface area (Å²) in [6.07, 6.45) is 0. The number of nitrogens with zero attached hydrogens (tertiary/aromatic N) is 3. The number of anilines is 1. The first-order valence-electron chi connectivity index (χ1n) is 10.6. The number of amides is 2. The molecular formula is C26H20ClN3O2S. The first kappa shape index (κ1) is 21.6. The normalized spacial score (nSPS) is 19.1. The number of rotatable bonds is 3. The van der Waals surface area contributed by atoms with Gasteiger partial charge in [0.25, 0.3) is 11.8 Å². The summed E-state index contributed by atoms with van der Waals surface area (Å²) < 4.78 is 0. The molecule has 3 aromatic rings. The molecule has 0 bridgehead atoms. The lowest BCUT2D eigenvalue weighted by atomic mass is 10.0. The summed E-state index contributed by atoms with van der Waals surface area (Å²) in [4.78, 5) is 30.0. The van der Waals surface area contributed by atoms with Crippen LogP contribution in [0.2, 0.25) is 5.02 Å². The van der Waals surface area contributed by atoms with Gasteiger partial charge in [-0.05, 0) is 55.0 Å². The second-order valence-electron chi connectivity index (χ2n) is 8.18. The van der Waals surface area contributed by atoms with E-state index < -0.39 is 4.87 Å². The third-order valence-corrected chi connectivity index (χ3v) is 7.75. The van der Waals surface area contributed by atoms with E-state index in [1.165, 1.54) is 11.8 Å². The van der Waals surface area contributed by atoms with Gasteiger partial charge >= 0.3 is 0 Å². The Balaban J connectivity index is 1.59. The molecule has 1 spiro atoms. The number of carbonyl (C=O) groups is 2.